The molecular formula is C9H14F4. The fourth-order valence-electron chi connectivity index (χ4n) is 1.66. The molecule has 1 saturated carbocycles. The minimum atomic E-state index is -3.81. The third-order valence-corrected chi connectivity index (χ3v) is 3.24. The van der Waals surface area contributed by atoms with Crippen molar-refractivity contribution in [3.05, 3.63) is 0 Å². The van der Waals surface area contributed by atoms with Gasteiger partial charge in [0.2, 0.25) is 0 Å². The van der Waals surface area contributed by atoms with E-state index in [0.717, 1.165) is 0 Å². The molecule has 1 rings (SSSR count). The molecule has 1 fully saturated rings. The van der Waals surface area contributed by atoms with Gasteiger partial charge in [-0.05, 0) is 5.41 Å². The van der Waals surface area contributed by atoms with Gasteiger partial charge < -0.3 is 0 Å². The summed E-state index contributed by atoms with van der Waals surface area (Å²) in [6.07, 6.45) is -0.190. The van der Waals surface area contributed by atoms with Gasteiger partial charge in [0, 0.05) is 12.3 Å². The van der Waals surface area contributed by atoms with Gasteiger partial charge in [-0.2, -0.15) is 17.6 Å². The summed E-state index contributed by atoms with van der Waals surface area (Å²) in [7, 11) is 0. The summed E-state index contributed by atoms with van der Waals surface area (Å²) in [5.41, 5.74) is -0.703. The molecule has 0 aromatic heterocycles. The van der Waals surface area contributed by atoms with E-state index in [9.17, 15) is 17.6 Å². The minimum absolute atomic E-state index is 0.489. The van der Waals surface area contributed by atoms with Crippen molar-refractivity contribution >= 4 is 0 Å². The number of halogens is 4. The summed E-state index contributed by atoms with van der Waals surface area (Å²) < 4.78 is 50.8. The molecular weight excluding hydrogens is 184 g/mol. The van der Waals surface area contributed by atoms with Gasteiger partial charge in [-0.3, -0.25) is 0 Å². The third-order valence-electron chi connectivity index (χ3n) is 3.24. The van der Waals surface area contributed by atoms with Crippen LogP contribution in [0.5, 0.6) is 0 Å². The molecule has 1 unspecified atom stereocenters. The Morgan fingerprint density at radius 1 is 1.23 bits per heavy atom. The highest BCUT2D eigenvalue weighted by Crippen LogP contribution is 2.61. The van der Waals surface area contributed by atoms with Gasteiger partial charge in [0.15, 0.2) is 0 Å². The SMILES string of the molecule is CCC(C)(C)C1CC(F)(F)C1(F)F. The zero-order valence-corrected chi connectivity index (χ0v) is 8.00. The van der Waals surface area contributed by atoms with Gasteiger partial charge in [0.1, 0.15) is 0 Å². The minimum Gasteiger partial charge on any atom is -0.200 e. The number of rotatable bonds is 2. The number of hydrogen-bond acceptors (Lipinski definition) is 0. The fraction of sp³-hybridized carbons (Fsp3) is 1.00. The van der Waals surface area contributed by atoms with Crippen LogP contribution < -0.4 is 0 Å². The molecule has 0 heterocycles. The lowest BCUT2D eigenvalue weighted by atomic mass is 9.61. The van der Waals surface area contributed by atoms with Crippen molar-refractivity contribution < 1.29 is 17.6 Å². The summed E-state index contributed by atoms with van der Waals surface area (Å²) in [6.45, 7) is 4.97. The van der Waals surface area contributed by atoms with Gasteiger partial charge in [-0.25, -0.2) is 0 Å². The zero-order valence-electron chi connectivity index (χ0n) is 8.00. The van der Waals surface area contributed by atoms with Crippen LogP contribution in [0, 0.1) is 11.3 Å². The molecule has 1 aliphatic rings. The second-order valence-corrected chi connectivity index (χ2v) is 4.43. The van der Waals surface area contributed by atoms with E-state index >= 15 is 0 Å². The first-order chi connectivity index (χ1) is 5.65. The van der Waals surface area contributed by atoms with Crippen molar-refractivity contribution in [3.8, 4) is 0 Å². The van der Waals surface area contributed by atoms with Gasteiger partial charge in [-0.1, -0.05) is 27.2 Å². The lowest BCUT2D eigenvalue weighted by Gasteiger charge is -2.50. The maximum atomic E-state index is 12.9. The predicted molar refractivity (Wildman–Crippen MR) is 42.1 cm³/mol. The van der Waals surface area contributed by atoms with Crippen LogP contribution in [0.15, 0.2) is 0 Å². The maximum absolute atomic E-state index is 12.9. The molecule has 4 heteroatoms. The standard InChI is InChI=1S/C9H14F4/c1-4-7(2,3)6-5-8(10,11)9(6,12)13/h6H,4-5H2,1-3H3. The third kappa shape index (κ3) is 1.34. The van der Waals surface area contributed by atoms with E-state index in [0.29, 0.717) is 6.42 Å². The van der Waals surface area contributed by atoms with E-state index < -0.39 is 29.6 Å². The van der Waals surface area contributed by atoms with E-state index in [-0.39, 0.29) is 0 Å². The quantitative estimate of drug-likeness (QED) is 0.593. The molecule has 0 N–H and O–H groups in total. The molecule has 0 spiro atoms. The summed E-state index contributed by atoms with van der Waals surface area (Å²) in [5.74, 6) is -8.78. The molecule has 0 aliphatic heterocycles. The lowest BCUT2D eigenvalue weighted by Crippen LogP contribution is -2.62. The van der Waals surface area contributed by atoms with Gasteiger partial charge >= 0.3 is 11.8 Å². The van der Waals surface area contributed by atoms with Gasteiger partial charge in [0.25, 0.3) is 0 Å². The lowest BCUT2D eigenvalue weighted by molar-refractivity contribution is -0.334. The molecule has 0 aromatic rings. The molecule has 0 aromatic carbocycles. The summed E-state index contributed by atoms with van der Waals surface area (Å²) in [4.78, 5) is 0. The maximum Gasteiger partial charge on any atom is 0.313 e. The first-order valence-corrected chi connectivity index (χ1v) is 4.41. The molecule has 78 valence electrons. The smallest absolute Gasteiger partial charge is 0.200 e. The monoisotopic (exact) mass is 198 g/mol. The highest BCUT2D eigenvalue weighted by molar-refractivity contribution is 5.07. The molecule has 0 saturated heterocycles. The summed E-state index contributed by atoms with van der Waals surface area (Å²) in [6, 6.07) is 0. The molecule has 1 atom stereocenters. The van der Waals surface area contributed by atoms with Crippen molar-refractivity contribution in [3.63, 3.8) is 0 Å². The van der Waals surface area contributed by atoms with Gasteiger partial charge in [-0.15, -0.1) is 0 Å². The molecule has 0 amide bonds. The first kappa shape index (κ1) is 10.8. The average Bonchev–Trinajstić information content (AvgIpc) is 2.00. The van der Waals surface area contributed by atoms with Crippen molar-refractivity contribution in [1.82, 2.24) is 0 Å². The Hall–Kier alpha value is -0.280. The highest BCUT2D eigenvalue weighted by Gasteiger charge is 2.74. The average molecular weight is 198 g/mol. The van der Waals surface area contributed by atoms with Crippen LogP contribution in [0.25, 0.3) is 0 Å². The fourth-order valence-corrected chi connectivity index (χ4v) is 1.66. The van der Waals surface area contributed by atoms with E-state index in [1.165, 1.54) is 0 Å². The van der Waals surface area contributed by atoms with Crippen LogP contribution in [0.3, 0.4) is 0 Å². The Balaban J connectivity index is 2.80. The number of hydrogen-bond donors (Lipinski definition) is 0. The van der Waals surface area contributed by atoms with E-state index in [1.54, 1.807) is 20.8 Å². The molecule has 1 aliphatic carbocycles. The first-order valence-electron chi connectivity index (χ1n) is 4.41. The molecule has 0 nitrogen and oxygen atoms in total. The van der Waals surface area contributed by atoms with E-state index in [2.05, 4.69) is 0 Å². The van der Waals surface area contributed by atoms with E-state index in [1.807, 2.05) is 0 Å². The summed E-state index contributed by atoms with van der Waals surface area (Å²) in [5, 5.41) is 0. The predicted octanol–water partition coefficient (Wildman–Crippen LogP) is 3.71. The topological polar surface area (TPSA) is 0 Å². The Morgan fingerprint density at radius 2 is 1.69 bits per heavy atom. The van der Waals surface area contributed by atoms with Crippen LogP contribution >= 0.6 is 0 Å². The Labute approximate surface area is 75.3 Å². The Kier molecular flexibility index (Phi) is 2.17. The van der Waals surface area contributed by atoms with E-state index in [4.69, 9.17) is 0 Å². The summed E-state index contributed by atoms with van der Waals surface area (Å²) >= 11 is 0. The van der Waals surface area contributed by atoms with Crippen LogP contribution in [-0.2, 0) is 0 Å². The van der Waals surface area contributed by atoms with Crippen LogP contribution in [0.4, 0.5) is 17.6 Å². The Morgan fingerprint density at radius 3 is 1.92 bits per heavy atom. The molecule has 13 heavy (non-hydrogen) atoms. The normalized spacial score (nSPS) is 31.2. The zero-order chi connectivity index (χ0) is 10.5. The van der Waals surface area contributed by atoms with Crippen molar-refractivity contribution in [2.75, 3.05) is 0 Å². The van der Waals surface area contributed by atoms with Crippen LogP contribution in [0.1, 0.15) is 33.6 Å². The molecule has 0 radical (unpaired) electrons. The van der Waals surface area contributed by atoms with Crippen molar-refractivity contribution in [2.24, 2.45) is 11.3 Å². The Bertz CT molecular complexity index is 208. The van der Waals surface area contributed by atoms with Gasteiger partial charge in [0.05, 0.1) is 0 Å². The second-order valence-electron chi connectivity index (χ2n) is 4.43. The van der Waals surface area contributed by atoms with Crippen molar-refractivity contribution in [1.29, 1.82) is 0 Å². The largest absolute Gasteiger partial charge is 0.313 e. The molecule has 0 bridgehead atoms. The van der Waals surface area contributed by atoms with Crippen molar-refractivity contribution in [2.45, 2.75) is 45.5 Å². The highest BCUT2D eigenvalue weighted by atomic mass is 19.3. The van der Waals surface area contributed by atoms with Crippen LogP contribution in [0.2, 0.25) is 0 Å². The number of alkyl halides is 4. The second kappa shape index (κ2) is 2.61. The van der Waals surface area contributed by atoms with Crippen LogP contribution in [-0.4, -0.2) is 11.8 Å².